The van der Waals surface area contributed by atoms with Crippen molar-refractivity contribution in [3.63, 3.8) is 0 Å². The number of likely N-dealkylation sites (N-methyl/N-ethyl adjacent to an activating group) is 1. The molecule has 0 bridgehead atoms. The van der Waals surface area contributed by atoms with E-state index >= 15 is 0 Å². The van der Waals surface area contributed by atoms with E-state index in [0.717, 1.165) is 38.9 Å². The van der Waals surface area contributed by atoms with Gasteiger partial charge in [-0.3, -0.25) is 4.90 Å². The second kappa shape index (κ2) is 4.22. The van der Waals surface area contributed by atoms with Crippen LogP contribution in [0.5, 0.6) is 0 Å². The van der Waals surface area contributed by atoms with E-state index in [1.165, 1.54) is 11.1 Å². The van der Waals surface area contributed by atoms with Gasteiger partial charge >= 0.3 is 6.09 Å². The molecular weight excluding hydrogens is 252 g/mol. The Balaban J connectivity index is 1.66. The first kappa shape index (κ1) is 12.2. The Bertz CT molecular complexity index is 559. The predicted octanol–water partition coefficient (Wildman–Crippen LogP) is 2.20. The van der Waals surface area contributed by atoms with E-state index in [9.17, 15) is 4.79 Å². The van der Waals surface area contributed by atoms with Crippen LogP contribution in [0.4, 0.5) is 4.79 Å². The van der Waals surface area contributed by atoms with E-state index in [-0.39, 0.29) is 11.7 Å². The highest BCUT2D eigenvalue weighted by Gasteiger charge is 2.49. The molecule has 4 rings (SSSR count). The average molecular weight is 272 g/mol. The number of hydrogen-bond donors (Lipinski definition) is 0. The maximum atomic E-state index is 11.7. The SMILES string of the molecule is CN1C[C@@]2(CCN3CCc4ccccc4[C@@H]3C2)OC1=O. The number of hydrogen-bond acceptors (Lipinski definition) is 3. The van der Waals surface area contributed by atoms with E-state index in [4.69, 9.17) is 4.74 Å². The molecule has 1 amide bonds. The zero-order chi connectivity index (χ0) is 13.7. The number of nitrogens with zero attached hydrogens (tertiary/aromatic N) is 2. The van der Waals surface area contributed by atoms with Gasteiger partial charge in [-0.15, -0.1) is 0 Å². The molecule has 1 spiro atoms. The lowest BCUT2D eigenvalue weighted by atomic mass is 9.79. The summed E-state index contributed by atoms with van der Waals surface area (Å²) in [6, 6.07) is 9.13. The van der Waals surface area contributed by atoms with Crippen molar-refractivity contribution in [3.05, 3.63) is 35.4 Å². The van der Waals surface area contributed by atoms with Crippen molar-refractivity contribution in [2.75, 3.05) is 26.7 Å². The third-order valence-corrected chi connectivity index (χ3v) is 5.08. The van der Waals surface area contributed by atoms with Gasteiger partial charge in [-0.2, -0.15) is 0 Å². The van der Waals surface area contributed by atoms with Gasteiger partial charge in [0.05, 0.1) is 6.54 Å². The molecule has 1 aromatic rings. The van der Waals surface area contributed by atoms with Crippen molar-refractivity contribution in [1.29, 1.82) is 0 Å². The molecular formula is C16H20N2O2. The van der Waals surface area contributed by atoms with Crippen LogP contribution in [-0.4, -0.2) is 48.2 Å². The van der Waals surface area contributed by atoms with E-state index in [0.29, 0.717) is 6.04 Å². The summed E-state index contributed by atoms with van der Waals surface area (Å²) in [6.07, 6.45) is 2.86. The number of fused-ring (bicyclic) bond motifs is 3. The molecule has 1 aromatic carbocycles. The first-order valence-electron chi connectivity index (χ1n) is 7.43. The fraction of sp³-hybridized carbons (Fsp3) is 0.562. The minimum atomic E-state index is -0.266. The van der Waals surface area contributed by atoms with Gasteiger partial charge in [0.1, 0.15) is 5.60 Å². The molecule has 4 nitrogen and oxygen atoms in total. The van der Waals surface area contributed by atoms with Crippen molar-refractivity contribution >= 4 is 6.09 Å². The van der Waals surface area contributed by atoms with E-state index in [2.05, 4.69) is 29.2 Å². The number of rotatable bonds is 0. The van der Waals surface area contributed by atoms with Crippen LogP contribution in [0.2, 0.25) is 0 Å². The second-order valence-corrected chi connectivity index (χ2v) is 6.36. The Morgan fingerprint density at radius 3 is 2.95 bits per heavy atom. The van der Waals surface area contributed by atoms with Gasteiger partial charge in [-0.25, -0.2) is 4.79 Å². The summed E-state index contributed by atoms with van der Waals surface area (Å²) >= 11 is 0. The molecule has 2 fully saturated rings. The second-order valence-electron chi connectivity index (χ2n) is 6.36. The summed E-state index contributed by atoms with van der Waals surface area (Å²) < 4.78 is 5.73. The lowest BCUT2D eigenvalue weighted by Crippen LogP contribution is -2.50. The number of carbonyl (C=O) groups is 1. The molecule has 3 aliphatic rings. The molecule has 0 aromatic heterocycles. The molecule has 20 heavy (non-hydrogen) atoms. The fourth-order valence-electron chi connectivity index (χ4n) is 4.04. The van der Waals surface area contributed by atoms with Gasteiger partial charge in [0.15, 0.2) is 0 Å². The minimum absolute atomic E-state index is 0.164. The Labute approximate surface area is 119 Å². The van der Waals surface area contributed by atoms with Crippen molar-refractivity contribution in [2.24, 2.45) is 0 Å². The first-order chi connectivity index (χ1) is 9.67. The van der Waals surface area contributed by atoms with Gasteiger partial charge in [0, 0.05) is 39.0 Å². The maximum absolute atomic E-state index is 11.7. The van der Waals surface area contributed by atoms with Crippen LogP contribution in [0.1, 0.15) is 30.0 Å². The molecule has 0 radical (unpaired) electrons. The van der Waals surface area contributed by atoms with Crippen LogP contribution in [0.25, 0.3) is 0 Å². The highest BCUT2D eigenvalue weighted by atomic mass is 16.6. The highest BCUT2D eigenvalue weighted by molar-refractivity contribution is 5.70. The zero-order valence-corrected chi connectivity index (χ0v) is 11.8. The average Bonchev–Trinajstić information content (AvgIpc) is 2.73. The normalized spacial score (nSPS) is 33.0. The van der Waals surface area contributed by atoms with Gasteiger partial charge in [-0.05, 0) is 17.5 Å². The monoisotopic (exact) mass is 272 g/mol. The molecule has 2 atom stereocenters. The summed E-state index contributed by atoms with van der Waals surface area (Å²) in [5, 5.41) is 0. The van der Waals surface area contributed by atoms with Gasteiger partial charge < -0.3 is 9.64 Å². The smallest absolute Gasteiger partial charge is 0.410 e. The lowest BCUT2D eigenvalue weighted by Gasteiger charge is -2.46. The van der Waals surface area contributed by atoms with E-state index in [1.807, 2.05) is 7.05 Å². The molecule has 2 saturated heterocycles. The number of carbonyl (C=O) groups excluding carboxylic acids is 1. The topological polar surface area (TPSA) is 32.8 Å². The molecule has 0 N–H and O–H groups in total. The predicted molar refractivity (Wildman–Crippen MR) is 75.5 cm³/mol. The maximum Gasteiger partial charge on any atom is 0.410 e. The highest BCUT2D eigenvalue weighted by Crippen LogP contribution is 2.44. The van der Waals surface area contributed by atoms with Crippen molar-refractivity contribution in [3.8, 4) is 0 Å². The van der Waals surface area contributed by atoms with Crippen LogP contribution in [-0.2, 0) is 11.2 Å². The zero-order valence-electron chi connectivity index (χ0n) is 11.8. The molecule has 4 heteroatoms. The van der Waals surface area contributed by atoms with Gasteiger partial charge in [-0.1, -0.05) is 24.3 Å². The van der Waals surface area contributed by atoms with Crippen LogP contribution in [0.3, 0.4) is 0 Å². The van der Waals surface area contributed by atoms with E-state index < -0.39 is 0 Å². The lowest BCUT2D eigenvalue weighted by molar-refractivity contribution is -0.0299. The molecule has 106 valence electrons. The summed E-state index contributed by atoms with van der Waals surface area (Å²) in [7, 11) is 1.83. The van der Waals surface area contributed by atoms with Gasteiger partial charge in [0.25, 0.3) is 0 Å². The van der Waals surface area contributed by atoms with Crippen molar-refractivity contribution in [2.45, 2.75) is 30.9 Å². The number of benzene rings is 1. The van der Waals surface area contributed by atoms with Crippen molar-refractivity contribution < 1.29 is 9.53 Å². The Kier molecular flexibility index (Phi) is 2.58. The molecule has 3 heterocycles. The molecule has 0 aliphatic carbocycles. The summed E-state index contributed by atoms with van der Waals surface area (Å²) in [6.45, 7) is 2.89. The fourth-order valence-corrected chi connectivity index (χ4v) is 4.04. The molecule has 0 unspecified atom stereocenters. The summed E-state index contributed by atoms with van der Waals surface area (Å²) in [4.78, 5) is 16.0. The summed E-state index contributed by atoms with van der Waals surface area (Å²) in [5.74, 6) is 0. The molecule has 0 saturated carbocycles. The number of amides is 1. The number of ether oxygens (including phenoxy) is 1. The third kappa shape index (κ3) is 1.74. The minimum Gasteiger partial charge on any atom is -0.441 e. The Hall–Kier alpha value is -1.55. The van der Waals surface area contributed by atoms with Gasteiger partial charge in [0.2, 0.25) is 0 Å². The Morgan fingerprint density at radius 2 is 2.15 bits per heavy atom. The van der Waals surface area contributed by atoms with Crippen molar-refractivity contribution in [1.82, 2.24) is 9.80 Å². The van der Waals surface area contributed by atoms with Crippen LogP contribution >= 0.6 is 0 Å². The van der Waals surface area contributed by atoms with Crippen LogP contribution < -0.4 is 0 Å². The largest absolute Gasteiger partial charge is 0.441 e. The summed E-state index contributed by atoms with van der Waals surface area (Å²) in [5.41, 5.74) is 2.63. The molecule has 3 aliphatic heterocycles. The Morgan fingerprint density at radius 1 is 1.30 bits per heavy atom. The van der Waals surface area contributed by atoms with Crippen LogP contribution in [0, 0.1) is 0 Å². The standard InChI is InChI=1S/C16H20N2O2/c1-17-11-16(20-15(17)19)7-9-18-8-6-12-4-2-3-5-13(12)14(18)10-16/h2-5,14H,6-11H2,1H3/t14-,16-/m0/s1. The first-order valence-corrected chi connectivity index (χ1v) is 7.43. The van der Waals surface area contributed by atoms with E-state index in [1.54, 1.807) is 4.90 Å². The number of piperidine rings is 1. The van der Waals surface area contributed by atoms with Crippen LogP contribution in [0.15, 0.2) is 24.3 Å². The third-order valence-electron chi connectivity index (χ3n) is 5.08. The quantitative estimate of drug-likeness (QED) is 0.726.